The standard InChI is InChI=1S/C21H28BrNO.C21H28ClNO.C21H28FNO/c3*1-20(2,3)15-12-14(13-16(19(15)22)21(4,5)6)9-10-18(24)17-8-7-11-23-17/h3*7-8,11-13,23H,9-10H2,1-6H3. The Balaban J connectivity index is 0.000000234. The maximum absolute atomic E-state index is 15.0. The summed E-state index contributed by atoms with van der Waals surface area (Å²) >= 11 is 10.5. The number of rotatable bonds is 12. The fourth-order valence-electron chi connectivity index (χ4n) is 8.45. The van der Waals surface area contributed by atoms with Crippen LogP contribution in [0.4, 0.5) is 4.39 Å². The van der Waals surface area contributed by atoms with Crippen molar-refractivity contribution < 1.29 is 18.8 Å². The monoisotopic (exact) mass is 1060 g/mol. The summed E-state index contributed by atoms with van der Waals surface area (Å²) in [5.74, 6) is 0.274. The Morgan fingerprint density at radius 1 is 0.431 bits per heavy atom. The lowest BCUT2D eigenvalue weighted by atomic mass is 9.78. The van der Waals surface area contributed by atoms with Crippen molar-refractivity contribution in [2.45, 2.75) is 196 Å². The van der Waals surface area contributed by atoms with Crippen LogP contribution >= 0.6 is 27.5 Å². The third kappa shape index (κ3) is 16.6. The number of nitrogens with one attached hydrogen (secondary N) is 3. The van der Waals surface area contributed by atoms with Crippen LogP contribution in [0.2, 0.25) is 5.02 Å². The van der Waals surface area contributed by atoms with Crippen LogP contribution in [0.15, 0.2) is 95.9 Å². The first kappa shape index (κ1) is 59.8. The van der Waals surface area contributed by atoms with Gasteiger partial charge in [0, 0.05) is 47.3 Å². The number of hydrogen-bond acceptors (Lipinski definition) is 3. The van der Waals surface area contributed by atoms with E-state index in [0.29, 0.717) is 42.8 Å². The number of carbonyl (C=O) groups excluding carboxylic acids is 3. The lowest BCUT2D eigenvalue weighted by Crippen LogP contribution is -2.21. The van der Waals surface area contributed by atoms with Crippen molar-refractivity contribution in [1.29, 1.82) is 0 Å². The fourth-order valence-corrected chi connectivity index (χ4v) is 10.5. The normalized spacial score (nSPS) is 12.5. The molecule has 6 nitrogen and oxygen atoms in total. The van der Waals surface area contributed by atoms with Crippen LogP contribution in [-0.4, -0.2) is 32.3 Å². The van der Waals surface area contributed by atoms with E-state index in [2.05, 4.69) is 138 Å². The Morgan fingerprint density at radius 2 is 0.667 bits per heavy atom. The second-order valence-electron chi connectivity index (χ2n) is 25.5. The molecule has 0 aliphatic rings. The summed E-state index contributed by atoms with van der Waals surface area (Å²) in [4.78, 5) is 45.6. The van der Waals surface area contributed by atoms with Gasteiger partial charge in [0.05, 0.1) is 17.1 Å². The molecule has 6 rings (SSSR count). The number of ketones is 3. The van der Waals surface area contributed by atoms with Gasteiger partial charge in [-0.3, -0.25) is 14.4 Å². The van der Waals surface area contributed by atoms with Gasteiger partial charge in [-0.05, 0) is 138 Å². The molecular formula is C63H84BrClFN3O3. The first-order chi connectivity index (χ1) is 33.0. The Kier molecular flexibility index (Phi) is 19.6. The molecule has 0 aliphatic carbocycles. The quantitative estimate of drug-likeness (QED) is 0.107. The molecule has 0 saturated carbocycles. The maximum atomic E-state index is 15.0. The number of H-pyrrole nitrogens is 3. The number of aromatic amines is 3. The second-order valence-corrected chi connectivity index (χ2v) is 26.7. The number of Topliss-reactive ketones (excluding diaryl/α,β-unsaturated/α-hetero) is 3. The zero-order valence-electron chi connectivity index (χ0n) is 46.8. The number of benzene rings is 3. The van der Waals surface area contributed by atoms with E-state index in [1.54, 1.807) is 24.7 Å². The van der Waals surface area contributed by atoms with Crippen LogP contribution in [0.3, 0.4) is 0 Å². The molecule has 3 N–H and O–H groups in total. The summed E-state index contributed by atoms with van der Waals surface area (Å²) < 4.78 is 16.2. The van der Waals surface area contributed by atoms with E-state index in [9.17, 15) is 18.8 Å². The summed E-state index contributed by atoms with van der Waals surface area (Å²) in [5.41, 5.74) is 11.3. The molecule has 3 aromatic carbocycles. The fraction of sp³-hybridized carbons (Fsp3) is 0.476. The highest BCUT2D eigenvalue weighted by molar-refractivity contribution is 9.10. The molecule has 3 aromatic heterocycles. The molecular weight excluding hydrogens is 981 g/mol. The first-order valence-corrected chi connectivity index (χ1v) is 26.7. The minimum Gasteiger partial charge on any atom is -0.359 e. The molecule has 3 heterocycles. The predicted molar refractivity (Wildman–Crippen MR) is 305 cm³/mol. The van der Waals surface area contributed by atoms with Crippen LogP contribution in [-0.2, 0) is 51.8 Å². The zero-order valence-corrected chi connectivity index (χ0v) is 49.1. The van der Waals surface area contributed by atoms with Crippen molar-refractivity contribution in [3.63, 3.8) is 0 Å². The molecule has 72 heavy (non-hydrogen) atoms. The zero-order chi connectivity index (χ0) is 54.4. The SMILES string of the molecule is CC(C)(C)c1cc(CCC(=O)c2ccc[nH]2)cc(C(C)(C)C)c1Br.CC(C)(C)c1cc(CCC(=O)c2ccc[nH]2)cc(C(C)(C)C)c1Cl.CC(C)(C)c1cc(CCC(=O)c2ccc[nH]2)cc(C(C)(C)C)c1F. The average molecular weight is 1070 g/mol. The number of aromatic nitrogens is 3. The molecule has 9 heteroatoms. The molecule has 0 atom stereocenters. The molecule has 0 fully saturated rings. The van der Waals surface area contributed by atoms with Crippen LogP contribution in [0.5, 0.6) is 0 Å². The van der Waals surface area contributed by atoms with Gasteiger partial charge in [-0.15, -0.1) is 0 Å². The van der Waals surface area contributed by atoms with E-state index in [1.807, 2.05) is 84.0 Å². The van der Waals surface area contributed by atoms with Gasteiger partial charge in [0.2, 0.25) is 0 Å². The molecule has 0 bridgehead atoms. The maximum Gasteiger partial charge on any atom is 0.179 e. The molecule has 0 spiro atoms. The van der Waals surface area contributed by atoms with Gasteiger partial charge in [-0.2, -0.15) is 0 Å². The largest absolute Gasteiger partial charge is 0.359 e. The minimum absolute atomic E-state index is 0.0312. The summed E-state index contributed by atoms with van der Waals surface area (Å²) in [6.45, 7) is 38.5. The van der Waals surface area contributed by atoms with Gasteiger partial charge in [-0.1, -0.05) is 189 Å². The van der Waals surface area contributed by atoms with Crippen LogP contribution in [0, 0.1) is 5.82 Å². The van der Waals surface area contributed by atoms with Crippen molar-refractivity contribution in [3.8, 4) is 0 Å². The molecule has 390 valence electrons. The van der Waals surface area contributed by atoms with Gasteiger partial charge in [-0.25, -0.2) is 4.39 Å². The number of hydrogen-bond donors (Lipinski definition) is 3. The molecule has 0 aliphatic heterocycles. The van der Waals surface area contributed by atoms with Crippen molar-refractivity contribution in [3.05, 3.63) is 174 Å². The summed E-state index contributed by atoms with van der Waals surface area (Å²) in [6.07, 6.45) is 8.86. The molecule has 0 radical (unpaired) electrons. The summed E-state index contributed by atoms with van der Waals surface area (Å²) in [5, 5.41) is 0.856. The predicted octanol–water partition coefficient (Wildman–Crippen LogP) is 17.8. The average Bonchev–Trinajstić information content (AvgIpc) is 4.09. The van der Waals surface area contributed by atoms with Crippen molar-refractivity contribution in [2.75, 3.05) is 0 Å². The lowest BCUT2D eigenvalue weighted by Gasteiger charge is -2.29. The summed E-state index contributed by atoms with van der Waals surface area (Å²) in [6, 6.07) is 23.7. The van der Waals surface area contributed by atoms with Crippen LogP contribution in [0.1, 0.15) is 225 Å². The van der Waals surface area contributed by atoms with Gasteiger partial charge in [0.25, 0.3) is 0 Å². The molecule has 0 unspecified atom stereocenters. The third-order valence-electron chi connectivity index (χ3n) is 12.9. The minimum atomic E-state index is -0.274. The Bertz CT molecular complexity index is 2350. The van der Waals surface area contributed by atoms with Gasteiger partial charge in [0.1, 0.15) is 5.82 Å². The van der Waals surface area contributed by atoms with Gasteiger partial charge in [0.15, 0.2) is 17.3 Å². The van der Waals surface area contributed by atoms with Gasteiger partial charge >= 0.3 is 0 Å². The van der Waals surface area contributed by atoms with Crippen LogP contribution < -0.4 is 0 Å². The first-order valence-electron chi connectivity index (χ1n) is 25.5. The van der Waals surface area contributed by atoms with Crippen molar-refractivity contribution in [2.24, 2.45) is 0 Å². The van der Waals surface area contributed by atoms with E-state index in [1.165, 1.54) is 26.7 Å². The Labute approximate surface area is 445 Å². The van der Waals surface area contributed by atoms with E-state index < -0.39 is 0 Å². The van der Waals surface area contributed by atoms with Crippen molar-refractivity contribution >= 4 is 44.9 Å². The van der Waals surface area contributed by atoms with E-state index in [-0.39, 0.29) is 55.7 Å². The molecule has 6 aromatic rings. The van der Waals surface area contributed by atoms with E-state index in [4.69, 9.17) is 11.6 Å². The molecule has 0 saturated heterocycles. The lowest BCUT2D eigenvalue weighted by molar-refractivity contribution is 0.0971. The molecule has 0 amide bonds. The number of aryl methyl sites for hydroxylation is 3. The van der Waals surface area contributed by atoms with Crippen molar-refractivity contribution in [1.82, 2.24) is 15.0 Å². The second kappa shape index (κ2) is 23.6. The highest BCUT2D eigenvalue weighted by Crippen LogP contribution is 2.41. The van der Waals surface area contributed by atoms with E-state index >= 15 is 0 Å². The topological polar surface area (TPSA) is 98.6 Å². The number of carbonyl (C=O) groups is 3. The van der Waals surface area contributed by atoms with E-state index in [0.717, 1.165) is 45.7 Å². The highest BCUT2D eigenvalue weighted by atomic mass is 79.9. The highest BCUT2D eigenvalue weighted by Gasteiger charge is 2.29. The smallest absolute Gasteiger partial charge is 0.179 e. The number of halogens is 3. The van der Waals surface area contributed by atoms with Crippen LogP contribution in [0.25, 0.3) is 0 Å². The van der Waals surface area contributed by atoms with Gasteiger partial charge < -0.3 is 15.0 Å². The summed E-state index contributed by atoms with van der Waals surface area (Å²) in [7, 11) is 0. The Hall–Kier alpha value is -4.79. The third-order valence-corrected chi connectivity index (χ3v) is 14.1. The Morgan fingerprint density at radius 3 is 0.889 bits per heavy atom.